The van der Waals surface area contributed by atoms with Crippen molar-refractivity contribution in [3.63, 3.8) is 0 Å². The third-order valence-corrected chi connectivity index (χ3v) is 7.47. The molecule has 1 aliphatic carbocycles. The maximum absolute atomic E-state index is 12.8. The molecule has 1 atom stereocenters. The van der Waals surface area contributed by atoms with Crippen molar-refractivity contribution < 1.29 is 13.2 Å². The second kappa shape index (κ2) is 10.9. The van der Waals surface area contributed by atoms with Gasteiger partial charge in [0.2, 0.25) is 5.91 Å². The minimum absolute atomic E-state index is 0.0253. The van der Waals surface area contributed by atoms with Gasteiger partial charge in [-0.2, -0.15) is 0 Å². The summed E-state index contributed by atoms with van der Waals surface area (Å²) in [4.78, 5) is 21.3. The molecule has 0 bridgehead atoms. The van der Waals surface area contributed by atoms with Crippen molar-refractivity contribution in [2.45, 2.75) is 50.1 Å². The number of carbonyl (C=O) groups is 1. The van der Waals surface area contributed by atoms with Gasteiger partial charge in [0.25, 0.3) is 0 Å². The Morgan fingerprint density at radius 3 is 2.39 bits per heavy atom. The third kappa shape index (κ3) is 7.21. The zero-order valence-electron chi connectivity index (χ0n) is 18.6. The fourth-order valence-corrected chi connectivity index (χ4v) is 5.25. The van der Waals surface area contributed by atoms with Gasteiger partial charge in [0.1, 0.15) is 0 Å². The first kappa shape index (κ1) is 23.5. The van der Waals surface area contributed by atoms with Crippen LogP contribution < -0.4 is 10.6 Å². The Hall–Kier alpha value is -2.13. The molecule has 1 unspecified atom stereocenters. The molecule has 1 heterocycles. The van der Waals surface area contributed by atoms with Gasteiger partial charge in [0, 0.05) is 44.8 Å². The number of nitrogens with zero attached hydrogens (tertiary/aromatic N) is 3. The molecule has 8 nitrogen and oxygen atoms in total. The quantitative estimate of drug-likeness (QED) is 0.433. The maximum atomic E-state index is 12.8. The van der Waals surface area contributed by atoms with Crippen LogP contribution in [0.1, 0.15) is 33.1 Å². The summed E-state index contributed by atoms with van der Waals surface area (Å²) in [6.45, 7) is 8.08. The van der Waals surface area contributed by atoms with Crippen LogP contribution in [0, 0.1) is 0 Å². The second-order valence-corrected chi connectivity index (χ2v) is 10.3. The van der Waals surface area contributed by atoms with E-state index < -0.39 is 9.84 Å². The van der Waals surface area contributed by atoms with Crippen molar-refractivity contribution in [1.29, 1.82) is 0 Å². The Labute approximate surface area is 186 Å². The highest BCUT2D eigenvalue weighted by atomic mass is 32.2. The largest absolute Gasteiger partial charge is 0.352 e. The lowest BCUT2D eigenvalue weighted by molar-refractivity contribution is -0.122. The van der Waals surface area contributed by atoms with E-state index in [0.29, 0.717) is 30.4 Å². The summed E-state index contributed by atoms with van der Waals surface area (Å²) >= 11 is 0. The molecular weight excluding hydrogens is 414 g/mol. The molecular formula is C22H35N5O3S. The van der Waals surface area contributed by atoms with E-state index in [0.717, 1.165) is 45.0 Å². The van der Waals surface area contributed by atoms with Gasteiger partial charge in [0.15, 0.2) is 15.8 Å². The van der Waals surface area contributed by atoms with Crippen molar-refractivity contribution in [2.24, 2.45) is 4.99 Å². The predicted octanol–water partition coefficient (Wildman–Crippen LogP) is 1.10. The van der Waals surface area contributed by atoms with Gasteiger partial charge in [0.05, 0.1) is 17.2 Å². The Morgan fingerprint density at radius 2 is 1.81 bits per heavy atom. The van der Waals surface area contributed by atoms with Crippen molar-refractivity contribution in [3.8, 4) is 0 Å². The van der Waals surface area contributed by atoms with E-state index in [1.165, 1.54) is 0 Å². The van der Waals surface area contributed by atoms with Crippen LogP contribution in [-0.2, 0) is 14.6 Å². The number of sulfone groups is 1. The topological polar surface area (TPSA) is 94.1 Å². The van der Waals surface area contributed by atoms with Crippen LogP contribution in [0.15, 0.2) is 40.2 Å². The van der Waals surface area contributed by atoms with E-state index >= 15 is 0 Å². The van der Waals surface area contributed by atoms with Crippen LogP contribution in [0.25, 0.3) is 0 Å². The molecule has 2 N–H and O–H groups in total. The number of nitrogens with one attached hydrogen (secondary N) is 2. The number of amides is 1. The molecule has 3 rings (SSSR count). The lowest BCUT2D eigenvalue weighted by Crippen LogP contribution is -2.56. The number of aliphatic imine (C=N–C) groups is 1. The first-order valence-electron chi connectivity index (χ1n) is 11.3. The zero-order chi connectivity index (χ0) is 22.3. The summed E-state index contributed by atoms with van der Waals surface area (Å²) in [7, 11) is -3.38. The highest BCUT2D eigenvalue weighted by Crippen LogP contribution is 2.18. The van der Waals surface area contributed by atoms with Crippen LogP contribution in [0.4, 0.5) is 0 Å². The molecule has 0 aromatic heterocycles. The van der Waals surface area contributed by atoms with Gasteiger partial charge in [-0.15, -0.1) is 0 Å². The van der Waals surface area contributed by atoms with Crippen molar-refractivity contribution >= 4 is 21.7 Å². The number of guanidine groups is 1. The molecule has 1 saturated heterocycles. The molecule has 172 valence electrons. The molecule has 0 spiro atoms. The van der Waals surface area contributed by atoms with Crippen LogP contribution in [-0.4, -0.2) is 87.2 Å². The lowest BCUT2D eigenvalue weighted by Gasteiger charge is -2.37. The standard InChI is InChI=1S/C22H35N5O3S/c1-3-18(17-31(29,30)20-8-6-5-7-9-20)25-22(23-4-2)27-14-12-26(13-15-27)16-21(28)24-19-10-11-19/h5-9,18-19H,3-4,10-17H2,1-2H3,(H,23,25)(H,24,28). The Balaban J connectivity index is 1.55. The Bertz CT molecular complexity index is 847. The Kier molecular flexibility index (Phi) is 8.31. The normalized spacial score (nSPS) is 19.2. The number of rotatable bonds is 9. The van der Waals surface area contributed by atoms with Crippen LogP contribution in [0.2, 0.25) is 0 Å². The van der Waals surface area contributed by atoms with E-state index in [9.17, 15) is 13.2 Å². The second-order valence-electron chi connectivity index (χ2n) is 8.25. The average molecular weight is 450 g/mol. The van der Waals surface area contributed by atoms with Gasteiger partial charge >= 0.3 is 0 Å². The molecule has 1 aromatic carbocycles. The first-order chi connectivity index (χ1) is 14.9. The van der Waals surface area contributed by atoms with Gasteiger partial charge in [-0.05, 0) is 38.3 Å². The monoisotopic (exact) mass is 449 g/mol. The summed E-state index contributed by atoms with van der Waals surface area (Å²) in [5.74, 6) is 0.880. The van der Waals surface area contributed by atoms with E-state index in [2.05, 4.69) is 25.4 Å². The summed E-state index contributed by atoms with van der Waals surface area (Å²) < 4.78 is 25.6. The maximum Gasteiger partial charge on any atom is 0.234 e. The molecule has 0 radical (unpaired) electrons. The minimum atomic E-state index is -3.38. The molecule has 9 heteroatoms. The van der Waals surface area contributed by atoms with Gasteiger partial charge in [-0.25, -0.2) is 8.42 Å². The number of hydrogen-bond acceptors (Lipinski definition) is 5. The molecule has 2 aliphatic rings. The highest BCUT2D eigenvalue weighted by molar-refractivity contribution is 7.91. The van der Waals surface area contributed by atoms with Gasteiger partial charge < -0.3 is 15.5 Å². The van der Waals surface area contributed by atoms with E-state index in [-0.39, 0.29) is 17.7 Å². The molecule has 1 aromatic rings. The molecule has 2 fully saturated rings. The van der Waals surface area contributed by atoms with Crippen molar-refractivity contribution in [3.05, 3.63) is 30.3 Å². The third-order valence-electron chi connectivity index (χ3n) is 5.64. The smallest absolute Gasteiger partial charge is 0.234 e. The number of hydrogen-bond donors (Lipinski definition) is 2. The van der Waals surface area contributed by atoms with E-state index in [1.807, 2.05) is 19.9 Å². The summed E-state index contributed by atoms with van der Waals surface area (Å²) in [5.41, 5.74) is 0. The van der Waals surface area contributed by atoms with E-state index in [1.54, 1.807) is 24.3 Å². The lowest BCUT2D eigenvalue weighted by atomic mass is 10.2. The van der Waals surface area contributed by atoms with Crippen molar-refractivity contribution in [2.75, 3.05) is 45.0 Å². The highest BCUT2D eigenvalue weighted by Gasteiger charge is 2.27. The average Bonchev–Trinajstić information content (AvgIpc) is 3.57. The number of carbonyl (C=O) groups excluding carboxylic acids is 1. The Morgan fingerprint density at radius 1 is 1.13 bits per heavy atom. The first-order valence-corrected chi connectivity index (χ1v) is 12.9. The molecule has 1 aliphatic heterocycles. The minimum Gasteiger partial charge on any atom is -0.352 e. The number of piperazine rings is 1. The molecule has 1 amide bonds. The fraction of sp³-hybridized carbons (Fsp3) is 0.636. The van der Waals surface area contributed by atoms with E-state index in [4.69, 9.17) is 0 Å². The summed E-state index contributed by atoms with van der Waals surface area (Å²) in [6.07, 6.45) is 2.87. The van der Waals surface area contributed by atoms with Crippen molar-refractivity contribution in [1.82, 2.24) is 20.4 Å². The molecule has 31 heavy (non-hydrogen) atoms. The van der Waals surface area contributed by atoms with Crippen LogP contribution >= 0.6 is 0 Å². The SMILES string of the molecule is CCN=C(NC(CC)CS(=O)(=O)c1ccccc1)N1CCN(CC(=O)NC2CC2)CC1. The number of benzene rings is 1. The van der Waals surface area contributed by atoms with Gasteiger partial charge in [-0.3, -0.25) is 14.7 Å². The molecule has 1 saturated carbocycles. The van der Waals surface area contributed by atoms with Gasteiger partial charge in [-0.1, -0.05) is 25.1 Å². The fourth-order valence-electron chi connectivity index (χ4n) is 3.64. The zero-order valence-corrected chi connectivity index (χ0v) is 19.4. The summed E-state index contributed by atoms with van der Waals surface area (Å²) in [5, 5.41) is 6.43. The van der Waals surface area contributed by atoms with Crippen LogP contribution in [0.5, 0.6) is 0 Å². The summed E-state index contributed by atoms with van der Waals surface area (Å²) in [6, 6.07) is 8.75. The van der Waals surface area contributed by atoms with Crippen LogP contribution in [0.3, 0.4) is 0 Å². The predicted molar refractivity (Wildman–Crippen MR) is 123 cm³/mol.